The summed E-state index contributed by atoms with van der Waals surface area (Å²) >= 11 is 4.12. The molecular weight excluding hydrogens is 172 g/mol. The summed E-state index contributed by atoms with van der Waals surface area (Å²) in [6.07, 6.45) is 0. The van der Waals surface area contributed by atoms with Crippen molar-refractivity contribution in [1.29, 1.82) is 0 Å². The highest BCUT2D eigenvalue weighted by molar-refractivity contribution is 7.81. The van der Waals surface area contributed by atoms with Gasteiger partial charge >= 0.3 is 0 Å². The van der Waals surface area contributed by atoms with E-state index in [0.717, 1.165) is 26.2 Å². The standard InChI is InChI=1S/C8H16N2OS/c1-7(12)8(11)10-5-3-9(2)4-6-10/h7,12H,3-6H2,1-2H3/t7-/m0/s1. The van der Waals surface area contributed by atoms with E-state index >= 15 is 0 Å². The molecule has 0 aromatic carbocycles. The average Bonchev–Trinajstić information content (AvgIpc) is 2.04. The van der Waals surface area contributed by atoms with Crippen LogP contribution in [0.25, 0.3) is 0 Å². The molecule has 1 saturated heterocycles. The van der Waals surface area contributed by atoms with Crippen molar-refractivity contribution in [3.8, 4) is 0 Å². The van der Waals surface area contributed by atoms with Gasteiger partial charge in [-0.1, -0.05) is 0 Å². The summed E-state index contributed by atoms with van der Waals surface area (Å²) < 4.78 is 0. The van der Waals surface area contributed by atoms with Crippen molar-refractivity contribution >= 4 is 18.5 Å². The van der Waals surface area contributed by atoms with Crippen molar-refractivity contribution in [3.05, 3.63) is 0 Å². The molecule has 0 spiro atoms. The third-order valence-corrected chi connectivity index (χ3v) is 2.39. The highest BCUT2D eigenvalue weighted by atomic mass is 32.1. The Morgan fingerprint density at radius 2 is 1.83 bits per heavy atom. The molecular formula is C8H16N2OS. The van der Waals surface area contributed by atoms with Crippen LogP contribution < -0.4 is 0 Å². The first-order valence-corrected chi connectivity index (χ1v) is 4.78. The van der Waals surface area contributed by atoms with Crippen molar-refractivity contribution in [2.75, 3.05) is 33.2 Å². The highest BCUT2D eigenvalue weighted by Crippen LogP contribution is 2.04. The minimum atomic E-state index is -0.159. The predicted octanol–water partition coefficient (Wildman–Crippen LogP) is 0.0787. The molecule has 12 heavy (non-hydrogen) atoms. The van der Waals surface area contributed by atoms with Gasteiger partial charge in [0.05, 0.1) is 5.25 Å². The van der Waals surface area contributed by atoms with Crippen LogP contribution in [0.1, 0.15) is 6.92 Å². The maximum absolute atomic E-state index is 11.4. The van der Waals surface area contributed by atoms with Crippen molar-refractivity contribution in [1.82, 2.24) is 9.80 Å². The van der Waals surface area contributed by atoms with Crippen LogP contribution in [0.3, 0.4) is 0 Å². The molecule has 3 nitrogen and oxygen atoms in total. The summed E-state index contributed by atoms with van der Waals surface area (Å²) in [7, 11) is 2.08. The third-order valence-electron chi connectivity index (χ3n) is 2.17. The van der Waals surface area contributed by atoms with Gasteiger partial charge in [-0.25, -0.2) is 0 Å². The molecule has 0 unspecified atom stereocenters. The molecule has 1 amide bonds. The molecule has 70 valence electrons. The number of piperazine rings is 1. The number of carbonyl (C=O) groups is 1. The molecule has 0 radical (unpaired) electrons. The van der Waals surface area contributed by atoms with Crippen LogP contribution in [-0.2, 0) is 4.79 Å². The second-order valence-corrected chi connectivity index (χ2v) is 4.08. The summed E-state index contributed by atoms with van der Waals surface area (Å²) in [4.78, 5) is 15.6. The van der Waals surface area contributed by atoms with Gasteiger partial charge in [0, 0.05) is 26.2 Å². The van der Waals surface area contributed by atoms with Crippen LogP contribution in [0.4, 0.5) is 0 Å². The Balaban J connectivity index is 2.39. The second-order valence-electron chi connectivity index (χ2n) is 3.30. The molecule has 0 aliphatic carbocycles. The lowest BCUT2D eigenvalue weighted by molar-refractivity contribution is -0.131. The molecule has 1 aliphatic heterocycles. The van der Waals surface area contributed by atoms with Crippen LogP contribution in [-0.4, -0.2) is 54.2 Å². The number of carbonyl (C=O) groups excluding carboxylic acids is 1. The fourth-order valence-electron chi connectivity index (χ4n) is 1.29. The molecule has 0 bridgehead atoms. The van der Waals surface area contributed by atoms with Crippen LogP contribution in [0.15, 0.2) is 0 Å². The number of hydrogen-bond donors (Lipinski definition) is 1. The van der Waals surface area contributed by atoms with Gasteiger partial charge in [-0.05, 0) is 14.0 Å². The fourth-order valence-corrected chi connectivity index (χ4v) is 1.45. The number of rotatable bonds is 1. The molecule has 1 fully saturated rings. The van der Waals surface area contributed by atoms with Gasteiger partial charge in [-0.3, -0.25) is 4.79 Å². The van der Waals surface area contributed by atoms with Gasteiger partial charge in [-0.2, -0.15) is 12.6 Å². The lowest BCUT2D eigenvalue weighted by Gasteiger charge is -2.33. The van der Waals surface area contributed by atoms with E-state index in [0.29, 0.717) is 0 Å². The SMILES string of the molecule is C[C@H](S)C(=O)N1CCN(C)CC1. The number of amides is 1. The van der Waals surface area contributed by atoms with Crippen LogP contribution in [0, 0.1) is 0 Å². The lowest BCUT2D eigenvalue weighted by atomic mass is 10.3. The van der Waals surface area contributed by atoms with Gasteiger partial charge in [0.25, 0.3) is 0 Å². The normalized spacial score (nSPS) is 22.4. The van der Waals surface area contributed by atoms with Crippen LogP contribution >= 0.6 is 12.6 Å². The first-order valence-electron chi connectivity index (χ1n) is 4.26. The number of thiol groups is 1. The molecule has 1 rings (SSSR count). The van der Waals surface area contributed by atoms with Gasteiger partial charge in [0.2, 0.25) is 5.91 Å². The number of hydrogen-bond acceptors (Lipinski definition) is 3. The van der Waals surface area contributed by atoms with E-state index < -0.39 is 0 Å². The van der Waals surface area contributed by atoms with Gasteiger partial charge in [0.1, 0.15) is 0 Å². The Bertz CT molecular complexity index is 164. The second kappa shape index (κ2) is 4.14. The highest BCUT2D eigenvalue weighted by Gasteiger charge is 2.21. The summed E-state index contributed by atoms with van der Waals surface area (Å²) in [5.74, 6) is 0.159. The first-order chi connectivity index (χ1) is 5.61. The lowest BCUT2D eigenvalue weighted by Crippen LogP contribution is -2.49. The van der Waals surface area contributed by atoms with E-state index in [1.807, 2.05) is 11.8 Å². The fraction of sp³-hybridized carbons (Fsp3) is 0.875. The van der Waals surface area contributed by atoms with Crippen molar-refractivity contribution in [3.63, 3.8) is 0 Å². The largest absolute Gasteiger partial charge is 0.339 e. The van der Waals surface area contributed by atoms with Gasteiger partial charge in [0.15, 0.2) is 0 Å². The molecule has 1 atom stereocenters. The summed E-state index contributed by atoms with van der Waals surface area (Å²) in [6, 6.07) is 0. The van der Waals surface area contributed by atoms with E-state index in [1.54, 1.807) is 0 Å². The topological polar surface area (TPSA) is 23.6 Å². The van der Waals surface area contributed by atoms with Crippen LogP contribution in [0.2, 0.25) is 0 Å². The van der Waals surface area contributed by atoms with Gasteiger partial charge in [-0.15, -0.1) is 0 Å². The van der Waals surface area contributed by atoms with Crippen molar-refractivity contribution in [2.45, 2.75) is 12.2 Å². The zero-order valence-electron chi connectivity index (χ0n) is 7.66. The van der Waals surface area contributed by atoms with E-state index in [2.05, 4.69) is 24.6 Å². The zero-order chi connectivity index (χ0) is 9.14. The minimum Gasteiger partial charge on any atom is -0.339 e. The Morgan fingerprint density at radius 3 is 2.25 bits per heavy atom. The minimum absolute atomic E-state index is 0.159. The monoisotopic (exact) mass is 188 g/mol. The van der Waals surface area contributed by atoms with E-state index in [-0.39, 0.29) is 11.2 Å². The Hall–Kier alpha value is -0.220. The number of likely N-dealkylation sites (N-methyl/N-ethyl adjacent to an activating group) is 1. The van der Waals surface area contributed by atoms with Gasteiger partial charge < -0.3 is 9.80 Å². The Morgan fingerprint density at radius 1 is 1.33 bits per heavy atom. The van der Waals surface area contributed by atoms with Crippen molar-refractivity contribution in [2.24, 2.45) is 0 Å². The van der Waals surface area contributed by atoms with Crippen LogP contribution in [0.5, 0.6) is 0 Å². The average molecular weight is 188 g/mol. The van der Waals surface area contributed by atoms with E-state index in [9.17, 15) is 4.79 Å². The molecule has 1 aliphatic rings. The maximum atomic E-state index is 11.4. The quantitative estimate of drug-likeness (QED) is 0.589. The molecule has 0 N–H and O–H groups in total. The Kier molecular flexibility index (Phi) is 3.40. The summed E-state index contributed by atoms with van der Waals surface area (Å²) in [5.41, 5.74) is 0. The van der Waals surface area contributed by atoms with E-state index in [1.165, 1.54) is 0 Å². The number of nitrogens with zero attached hydrogens (tertiary/aromatic N) is 2. The molecule has 4 heteroatoms. The van der Waals surface area contributed by atoms with Crippen molar-refractivity contribution < 1.29 is 4.79 Å². The maximum Gasteiger partial charge on any atom is 0.235 e. The zero-order valence-corrected chi connectivity index (χ0v) is 8.55. The first kappa shape index (κ1) is 9.86. The molecule has 1 heterocycles. The molecule has 0 saturated carbocycles. The third kappa shape index (κ3) is 2.38. The predicted molar refractivity (Wildman–Crippen MR) is 52.5 cm³/mol. The molecule has 0 aromatic heterocycles. The molecule has 0 aromatic rings. The summed E-state index contributed by atoms with van der Waals surface area (Å²) in [6.45, 7) is 5.47. The summed E-state index contributed by atoms with van der Waals surface area (Å²) in [5, 5.41) is -0.159. The smallest absolute Gasteiger partial charge is 0.235 e. The Labute approximate surface area is 79.1 Å². The van der Waals surface area contributed by atoms with E-state index in [4.69, 9.17) is 0 Å².